The first kappa shape index (κ1) is 20.8. The number of nitrogens with one attached hydrogen (secondary N) is 2. The lowest BCUT2D eigenvalue weighted by Gasteiger charge is -2.17. The van der Waals surface area contributed by atoms with Crippen molar-refractivity contribution in [3.63, 3.8) is 0 Å². The van der Waals surface area contributed by atoms with Gasteiger partial charge in [-0.05, 0) is 49.9 Å². The largest absolute Gasteiger partial charge is 0.484 e. The molecule has 8 nitrogen and oxygen atoms in total. The summed E-state index contributed by atoms with van der Waals surface area (Å²) in [5.74, 6) is 0.837. The molecule has 1 saturated carbocycles. The minimum atomic E-state index is -0.430. The van der Waals surface area contributed by atoms with Gasteiger partial charge in [-0.1, -0.05) is 30.5 Å². The van der Waals surface area contributed by atoms with Gasteiger partial charge in [0.1, 0.15) is 5.75 Å². The molecule has 0 radical (unpaired) electrons. The highest BCUT2D eigenvalue weighted by molar-refractivity contribution is 5.89. The van der Waals surface area contributed by atoms with E-state index in [0.29, 0.717) is 11.6 Å². The minimum Gasteiger partial charge on any atom is -0.484 e. The first-order valence-corrected chi connectivity index (χ1v) is 10.1. The first-order chi connectivity index (χ1) is 14.0. The highest BCUT2D eigenvalue weighted by Crippen LogP contribution is 2.30. The first-order valence-electron chi connectivity index (χ1n) is 10.1. The van der Waals surface area contributed by atoms with Gasteiger partial charge >= 0.3 is 11.8 Å². The number of carbonyl (C=O) groups is 2. The summed E-state index contributed by atoms with van der Waals surface area (Å²) in [4.78, 5) is 28.2. The molecule has 2 amide bonds. The van der Waals surface area contributed by atoms with E-state index in [2.05, 4.69) is 20.8 Å². The number of nitrogens with zero attached hydrogens (tertiary/aromatic N) is 2. The molecule has 0 atom stereocenters. The number of hydrogen-bond acceptors (Lipinski definition) is 6. The fourth-order valence-corrected chi connectivity index (χ4v) is 3.31. The summed E-state index contributed by atoms with van der Waals surface area (Å²) in [5, 5.41) is 9.31. The van der Waals surface area contributed by atoms with Gasteiger partial charge in [0.25, 0.3) is 5.91 Å². The number of rotatable bonds is 8. The van der Waals surface area contributed by atoms with Gasteiger partial charge in [0.05, 0.1) is 0 Å². The zero-order valence-corrected chi connectivity index (χ0v) is 17.0. The van der Waals surface area contributed by atoms with Gasteiger partial charge in [-0.25, -0.2) is 0 Å². The van der Waals surface area contributed by atoms with Crippen LogP contribution in [0.2, 0.25) is 0 Å². The quantitative estimate of drug-likeness (QED) is 0.660. The van der Waals surface area contributed by atoms with Crippen molar-refractivity contribution in [1.29, 1.82) is 0 Å². The van der Waals surface area contributed by atoms with Crippen LogP contribution in [0.5, 0.6) is 5.75 Å². The Balaban J connectivity index is 1.34. The molecular weight excluding hydrogens is 372 g/mol. The van der Waals surface area contributed by atoms with Crippen molar-refractivity contribution in [2.75, 3.05) is 19.7 Å². The predicted molar refractivity (Wildman–Crippen MR) is 107 cm³/mol. The second kappa shape index (κ2) is 10.0. The van der Waals surface area contributed by atoms with Gasteiger partial charge in [0.2, 0.25) is 0 Å². The molecule has 1 aromatic carbocycles. The van der Waals surface area contributed by atoms with E-state index in [1.807, 2.05) is 32.0 Å². The van der Waals surface area contributed by atoms with Gasteiger partial charge in [0, 0.05) is 19.0 Å². The summed E-state index contributed by atoms with van der Waals surface area (Å²) >= 11 is 0. The molecule has 2 N–H and O–H groups in total. The van der Waals surface area contributed by atoms with Crippen molar-refractivity contribution in [3.8, 4) is 5.75 Å². The number of benzene rings is 1. The van der Waals surface area contributed by atoms with Crippen molar-refractivity contribution in [2.24, 2.45) is 0 Å². The van der Waals surface area contributed by atoms with E-state index in [4.69, 9.17) is 9.26 Å². The van der Waals surface area contributed by atoms with Gasteiger partial charge < -0.3 is 19.9 Å². The van der Waals surface area contributed by atoms with Crippen molar-refractivity contribution in [3.05, 3.63) is 41.0 Å². The number of amides is 2. The molecule has 0 bridgehead atoms. The summed E-state index contributed by atoms with van der Waals surface area (Å²) in [6, 6.07) is 5.69. The standard InChI is InChI=1S/C21H28N4O4/c1-14-8-9-17(12-15(14)2)28-13-18(26)22-10-11-23-20(27)21-24-19(25-29-21)16-6-4-3-5-7-16/h8-9,12,16H,3-7,10-11,13H2,1-2H3,(H,22,26)(H,23,27). The van der Waals surface area contributed by atoms with Crippen LogP contribution in [0.25, 0.3) is 0 Å². The number of aryl methyl sites for hydroxylation is 2. The second-order valence-corrected chi connectivity index (χ2v) is 7.43. The van der Waals surface area contributed by atoms with Crippen LogP contribution in [0.1, 0.15) is 65.7 Å². The summed E-state index contributed by atoms with van der Waals surface area (Å²) in [6.07, 6.45) is 5.64. The van der Waals surface area contributed by atoms with E-state index in [9.17, 15) is 9.59 Å². The Morgan fingerprint density at radius 3 is 2.62 bits per heavy atom. The molecule has 0 unspecified atom stereocenters. The van der Waals surface area contributed by atoms with Crippen LogP contribution < -0.4 is 15.4 Å². The van der Waals surface area contributed by atoms with E-state index in [-0.39, 0.29) is 37.4 Å². The highest BCUT2D eigenvalue weighted by Gasteiger charge is 2.23. The van der Waals surface area contributed by atoms with Crippen LogP contribution in [-0.2, 0) is 4.79 Å². The van der Waals surface area contributed by atoms with Crippen molar-refractivity contribution < 1.29 is 18.8 Å². The summed E-state index contributed by atoms with van der Waals surface area (Å²) in [5.41, 5.74) is 2.28. The van der Waals surface area contributed by atoms with Gasteiger partial charge in [0.15, 0.2) is 12.4 Å². The summed E-state index contributed by atoms with van der Waals surface area (Å²) in [7, 11) is 0. The molecule has 1 aliphatic rings. The normalized spacial score (nSPS) is 14.4. The Labute approximate surface area is 170 Å². The Bertz CT molecular complexity index is 843. The minimum absolute atomic E-state index is 0.0324. The summed E-state index contributed by atoms with van der Waals surface area (Å²) < 4.78 is 10.6. The topological polar surface area (TPSA) is 106 Å². The smallest absolute Gasteiger partial charge is 0.315 e. The lowest BCUT2D eigenvalue weighted by molar-refractivity contribution is -0.123. The van der Waals surface area contributed by atoms with Crippen molar-refractivity contribution >= 4 is 11.8 Å². The molecular formula is C21H28N4O4. The molecule has 29 heavy (non-hydrogen) atoms. The Morgan fingerprint density at radius 1 is 1.10 bits per heavy atom. The zero-order valence-electron chi connectivity index (χ0n) is 17.0. The molecule has 1 aliphatic carbocycles. The molecule has 1 fully saturated rings. The molecule has 2 aromatic rings. The average Bonchev–Trinajstić information content (AvgIpc) is 3.23. The Hall–Kier alpha value is -2.90. The second-order valence-electron chi connectivity index (χ2n) is 7.43. The molecule has 8 heteroatoms. The molecule has 0 aliphatic heterocycles. The highest BCUT2D eigenvalue weighted by atomic mass is 16.5. The van der Waals surface area contributed by atoms with Gasteiger partial charge in [-0.3, -0.25) is 9.59 Å². The van der Waals surface area contributed by atoms with Crippen molar-refractivity contribution in [1.82, 2.24) is 20.8 Å². The van der Waals surface area contributed by atoms with Crippen LogP contribution >= 0.6 is 0 Å². The van der Waals surface area contributed by atoms with Crippen LogP contribution in [0.4, 0.5) is 0 Å². The van der Waals surface area contributed by atoms with Crippen LogP contribution in [0.15, 0.2) is 22.7 Å². The number of hydrogen-bond donors (Lipinski definition) is 2. The fraction of sp³-hybridized carbons (Fsp3) is 0.524. The van der Waals surface area contributed by atoms with E-state index in [1.54, 1.807) is 0 Å². The fourth-order valence-electron chi connectivity index (χ4n) is 3.31. The maximum absolute atomic E-state index is 12.1. The Morgan fingerprint density at radius 2 is 1.86 bits per heavy atom. The SMILES string of the molecule is Cc1ccc(OCC(=O)NCCNC(=O)c2nc(C3CCCCC3)no2)cc1C. The lowest BCUT2D eigenvalue weighted by Crippen LogP contribution is -2.36. The Kier molecular flexibility index (Phi) is 7.21. The molecule has 3 rings (SSSR count). The molecule has 0 saturated heterocycles. The third-order valence-electron chi connectivity index (χ3n) is 5.19. The maximum Gasteiger partial charge on any atom is 0.315 e. The predicted octanol–water partition coefficient (Wildman–Crippen LogP) is 2.66. The van der Waals surface area contributed by atoms with E-state index < -0.39 is 5.91 Å². The van der Waals surface area contributed by atoms with Crippen LogP contribution in [0.3, 0.4) is 0 Å². The number of ether oxygens (including phenoxy) is 1. The molecule has 1 aromatic heterocycles. The van der Waals surface area contributed by atoms with E-state index in [1.165, 1.54) is 12.0 Å². The molecule has 156 valence electrons. The third kappa shape index (κ3) is 6.04. The average molecular weight is 400 g/mol. The van der Waals surface area contributed by atoms with E-state index >= 15 is 0 Å². The monoisotopic (exact) mass is 400 g/mol. The van der Waals surface area contributed by atoms with Crippen molar-refractivity contribution in [2.45, 2.75) is 51.9 Å². The summed E-state index contributed by atoms with van der Waals surface area (Å²) in [6.45, 7) is 4.47. The van der Waals surface area contributed by atoms with Crippen LogP contribution in [-0.4, -0.2) is 41.7 Å². The lowest BCUT2D eigenvalue weighted by atomic mass is 9.89. The maximum atomic E-state index is 12.1. The van der Waals surface area contributed by atoms with E-state index in [0.717, 1.165) is 31.2 Å². The van der Waals surface area contributed by atoms with Gasteiger partial charge in [-0.2, -0.15) is 4.98 Å². The number of carbonyl (C=O) groups excluding carboxylic acids is 2. The molecule has 0 spiro atoms. The third-order valence-corrected chi connectivity index (χ3v) is 5.19. The zero-order chi connectivity index (χ0) is 20.6. The van der Waals surface area contributed by atoms with Gasteiger partial charge in [-0.15, -0.1) is 0 Å². The number of aromatic nitrogens is 2. The molecule has 1 heterocycles. The van der Waals surface area contributed by atoms with Crippen LogP contribution in [0, 0.1) is 13.8 Å².